The fourth-order valence-electron chi connectivity index (χ4n) is 0.577. The maximum atomic E-state index is 8.46. The highest BCUT2D eigenvalue weighted by molar-refractivity contribution is 7.16. The summed E-state index contributed by atoms with van der Waals surface area (Å²) in [5.74, 6) is 0. The summed E-state index contributed by atoms with van der Waals surface area (Å²) in [7, 11) is 2.55. The van der Waals surface area contributed by atoms with Gasteiger partial charge < -0.3 is 10.2 Å². The average Bonchev–Trinajstić information content (AvgIpc) is 1.88. The average molecular weight is 151 g/mol. The fourth-order valence-corrected chi connectivity index (χ4v) is 0.942. The zero-order valence-electron chi connectivity index (χ0n) is 5.45. The molecule has 4 heteroatoms. The molecule has 0 spiro atoms. The lowest BCUT2D eigenvalue weighted by Gasteiger charge is -2.16. The van der Waals surface area contributed by atoms with E-state index in [4.69, 9.17) is 10.2 Å². The molecule has 3 nitrogen and oxygen atoms in total. The van der Waals surface area contributed by atoms with Gasteiger partial charge in [-0.15, -0.1) is 9.24 Å². The predicted octanol–water partition coefficient (Wildman–Crippen LogP) is -0.894. The summed E-state index contributed by atoms with van der Waals surface area (Å²) >= 11 is 0. The predicted molar refractivity (Wildman–Crippen MR) is 40.3 cm³/mol. The van der Waals surface area contributed by atoms with Crippen molar-refractivity contribution in [1.82, 2.24) is 4.90 Å². The fraction of sp³-hybridized carbons (Fsp3) is 1.00. The highest BCUT2D eigenvalue weighted by Gasteiger charge is 1.97. The molecule has 0 bridgehead atoms. The number of hydrogen-bond donors (Lipinski definition) is 2. The van der Waals surface area contributed by atoms with E-state index in [1.807, 2.05) is 4.90 Å². The minimum Gasteiger partial charge on any atom is -0.395 e. The largest absolute Gasteiger partial charge is 0.395 e. The first kappa shape index (κ1) is 9.31. The number of rotatable bonds is 5. The van der Waals surface area contributed by atoms with Crippen LogP contribution in [0.25, 0.3) is 0 Å². The van der Waals surface area contributed by atoms with Crippen molar-refractivity contribution in [3.8, 4) is 0 Å². The molecule has 1 unspecified atom stereocenters. The Balaban J connectivity index is 3.18. The lowest BCUT2D eigenvalue weighted by molar-refractivity contribution is 0.179. The lowest BCUT2D eigenvalue weighted by Crippen LogP contribution is -2.28. The molecule has 0 aromatic rings. The Bertz CT molecular complexity index is 56.9. The van der Waals surface area contributed by atoms with Crippen LogP contribution in [0.15, 0.2) is 0 Å². The van der Waals surface area contributed by atoms with Crippen LogP contribution in [0, 0.1) is 0 Å². The van der Waals surface area contributed by atoms with Gasteiger partial charge in [-0.2, -0.15) is 0 Å². The summed E-state index contributed by atoms with van der Waals surface area (Å²) in [5, 5.41) is 16.9. The van der Waals surface area contributed by atoms with Crippen molar-refractivity contribution in [2.24, 2.45) is 0 Å². The van der Waals surface area contributed by atoms with Crippen LogP contribution < -0.4 is 0 Å². The van der Waals surface area contributed by atoms with Crippen LogP contribution in [0.2, 0.25) is 0 Å². The topological polar surface area (TPSA) is 43.7 Å². The van der Waals surface area contributed by atoms with Crippen LogP contribution in [0.1, 0.15) is 0 Å². The zero-order valence-corrected chi connectivity index (χ0v) is 6.61. The summed E-state index contributed by atoms with van der Waals surface area (Å²) in [6.07, 6.45) is 0.807. The van der Waals surface area contributed by atoms with Gasteiger partial charge in [0.15, 0.2) is 0 Å². The quantitative estimate of drug-likeness (QED) is 0.501. The van der Waals surface area contributed by atoms with Gasteiger partial charge in [0.05, 0.1) is 13.2 Å². The molecule has 1 atom stereocenters. The molecule has 0 aliphatic heterocycles. The number of aliphatic hydroxyl groups excluding tert-OH is 2. The van der Waals surface area contributed by atoms with Gasteiger partial charge in [-0.1, -0.05) is 0 Å². The first-order chi connectivity index (χ1) is 4.35. The SMILES string of the molecule is OCCN(CP)CCO. The summed E-state index contributed by atoms with van der Waals surface area (Å²) in [6, 6.07) is 0. The van der Waals surface area contributed by atoms with Gasteiger partial charge in [0, 0.05) is 19.4 Å². The van der Waals surface area contributed by atoms with E-state index in [1.165, 1.54) is 0 Å². The molecule has 0 aromatic carbocycles. The second kappa shape index (κ2) is 6.43. The maximum Gasteiger partial charge on any atom is 0.0558 e. The van der Waals surface area contributed by atoms with Gasteiger partial charge in [0.2, 0.25) is 0 Å². The van der Waals surface area contributed by atoms with Crippen LogP contribution >= 0.6 is 9.24 Å². The van der Waals surface area contributed by atoms with Crippen LogP contribution in [0.5, 0.6) is 0 Å². The minimum absolute atomic E-state index is 0.161. The van der Waals surface area contributed by atoms with Crippen LogP contribution in [0.3, 0.4) is 0 Å². The third-order valence-corrected chi connectivity index (χ3v) is 1.61. The highest BCUT2D eigenvalue weighted by atomic mass is 31.0. The van der Waals surface area contributed by atoms with E-state index in [2.05, 4.69) is 9.24 Å². The van der Waals surface area contributed by atoms with Gasteiger partial charge in [-0.3, -0.25) is 4.90 Å². The van der Waals surface area contributed by atoms with Gasteiger partial charge >= 0.3 is 0 Å². The van der Waals surface area contributed by atoms with E-state index in [0.29, 0.717) is 13.1 Å². The van der Waals surface area contributed by atoms with Crippen LogP contribution in [-0.2, 0) is 0 Å². The number of hydrogen-bond acceptors (Lipinski definition) is 3. The van der Waals surface area contributed by atoms with E-state index in [9.17, 15) is 0 Å². The normalized spacial score (nSPS) is 10.7. The molecule has 0 fully saturated rings. The molecule has 56 valence electrons. The van der Waals surface area contributed by atoms with Gasteiger partial charge in [0.25, 0.3) is 0 Å². The third kappa shape index (κ3) is 4.79. The van der Waals surface area contributed by atoms with Crippen molar-refractivity contribution in [1.29, 1.82) is 0 Å². The molecule has 0 amide bonds. The molecular formula is C5H14NO2P. The molecule has 0 aromatic heterocycles. The van der Waals surface area contributed by atoms with Crippen molar-refractivity contribution in [2.75, 3.05) is 32.6 Å². The molecule has 0 aliphatic rings. The third-order valence-electron chi connectivity index (χ3n) is 1.09. The molecule has 0 saturated heterocycles. The van der Waals surface area contributed by atoms with E-state index in [-0.39, 0.29) is 13.2 Å². The van der Waals surface area contributed by atoms with Crippen molar-refractivity contribution >= 4 is 9.24 Å². The van der Waals surface area contributed by atoms with Gasteiger partial charge in [-0.05, 0) is 0 Å². The molecule has 0 rings (SSSR count). The first-order valence-electron chi connectivity index (χ1n) is 2.99. The first-order valence-corrected chi connectivity index (χ1v) is 3.81. The minimum atomic E-state index is 0.161. The summed E-state index contributed by atoms with van der Waals surface area (Å²) in [5.41, 5.74) is 0. The Morgan fingerprint density at radius 3 is 1.78 bits per heavy atom. The Morgan fingerprint density at radius 2 is 1.56 bits per heavy atom. The van der Waals surface area contributed by atoms with Gasteiger partial charge in [0.1, 0.15) is 0 Å². The maximum absolute atomic E-state index is 8.46. The Kier molecular flexibility index (Phi) is 6.65. The van der Waals surface area contributed by atoms with Crippen molar-refractivity contribution < 1.29 is 10.2 Å². The number of aliphatic hydroxyl groups is 2. The van der Waals surface area contributed by atoms with E-state index >= 15 is 0 Å². The second-order valence-electron chi connectivity index (χ2n) is 1.75. The summed E-state index contributed by atoms with van der Waals surface area (Å²) in [4.78, 5) is 1.95. The second-order valence-corrected chi connectivity index (χ2v) is 2.11. The van der Waals surface area contributed by atoms with Crippen LogP contribution in [0.4, 0.5) is 0 Å². The standard InChI is InChI=1S/C5H14NO2P/c7-3-1-6(5-9)2-4-8/h7-8H,1-5,9H2. The highest BCUT2D eigenvalue weighted by Crippen LogP contribution is 1.90. The van der Waals surface area contributed by atoms with Crippen molar-refractivity contribution in [3.05, 3.63) is 0 Å². The Labute approximate surface area is 57.9 Å². The van der Waals surface area contributed by atoms with Crippen molar-refractivity contribution in [2.45, 2.75) is 0 Å². The molecule has 2 N–H and O–H groups in total. The monoisotopic (exact) mass is 151 g/mol. The van der Waals surface area contributed by atoms with E-state index in [0.717, 1.165) is 6.29 Å². The lowest BCUT2D eigenvalue weighted by atomic mass is 10.5. The molecule has 0 aliphatic carbocycles. The van der Waals surface area contributed by atoms with E-state index in [1.54, 1.807) is 0 Å². The molecular weight excluding hydrogens is 137 g/mol. The van der Waals surface area contributed by atoms with Crippen LogP contribution in [-0.4, -0.2) is 47.7 Å². The van der Waals surface area contributed by atoms with Gasteiger partial charge in [-0.25, -0.2) is 0 Å². The number of nitrogens with zero attached hydrogens (tertiary/aromatic N) is 1. The Hall–Kier alpha value is 0.310. The molecule has 0 radical (unpaired) electrons. The smallest absolute Gasteiger partial charge is 0.0558 e. The Morgan fingerprint density at radius 1 is 1.11 bits per heavy atom. The molecule has 0 heterocycles. The molecule has 9 heavy (non-hydrogen) atoms. The molecule has 0 saturated carbocycles. The summed E-state index contributed by atoms with van der Waals surface area (Å²) < 4.78 is 0. The summed E-state index contributed by atoms with van der Waals surface area (Å²) in [6.45, 7) is 1.61. The van der Waals surface area contributed by atoms with Crippen molar-refractivity contribution in [3.63, 3.8) is 0 Å². The zero-order chi connectivity index (χ0) is 7.11. The van der Waals surface area contributed by atoms with E-state index < -0.39 is 0 Å².